The number of likely N-dealkylation sites (tertiary alicyclic amines) is 1. The smallest absolute Gasteiger partial charge is 0.317 e. The molecular weight excluding hydrogens is 334 g/mol. The Hall–Kier alpha value is -2.12. The Morgan fingerprint density at radius 2 is 1.85 bits per heavy atom. The molecule has 1 aromatic rings. The normalized spacial score (nSPS) is 29.4. The molecule has 2 aliphatic carbocycles. The maximum absolute atomic E-state index is 12.6. The second kappa shape index (κ2) is 7.25. The molecule has 142 valence electrons. The highest BCUT2D eigenvalue weighted by atomic mass is 16.4. The fraction of sp³-hybridized carbons (Fsp3) is 0.778. The van der Waals surface area contributed by atoms with Crippen molar-refractivity contribution in [2.24, 2.45) is 5.92 Å². The number of piperidine rings is 1. The predicted octanol–water partition coefficient (Wildman–Crippen LogP) is 2.21. The Labute approximate surface area is 152 Å². The van der Waals surface area contributed by atoms with E-state index in [1.165, 1.54) is 12.8 Å². The van der Waals surface area contributed by atoms with Gasteiger partial charge in [0.1, 0.15) is 5.82 Å². The van der Waals surface area contributed by atoms with Gasteiger partial charge in [-0.05, 0) is 51.4 Å². The minimum Gasteiger partial charge on any atom is -0.481 e. The van der Waals surface area contributed by atoms with E-state index in [1.54, 1.807) is 0 Å². The number of carboxylic acids is 1. The number of hydrogen-bond donors (Lipinski definition) is 3. The topological polar surface area (TPSA) is 111 Å². The van der Waals surface area contributed by atoms with Crippen LogP contribution in [0.5, 0.6) is 0 Å². The van der Waals surface area contributed by atoms with E-state index in [1.807, 2.05) is 4.90 Å². The van der Waals surface area contributed by atoms with E-state index in [0.29, 0.717) is 25.3 Å². The first kappa shape index (κ1) is 17.3. The third kappa shape index (κ3) is 3.83. The molecule has 8 heteroatoms. The molecule has 3 N–H and O–H groups in total. The highest BCUT2D eigenvalue weighted by Gasteiger charge is 2.32. The maximum Gasteiger partial charge on any atom is 0.317 e. The summed E-state index contributed by atoms with van der Waals surface area (Å²) >= 11 is 0. The number of nitrogens with one attached hydrogen (secondary N) is 2. The van der Waals surface area contributed by atoms with E-state index < -0.39 is 5.97 Å². The van der Waals surface area contributed by atoms with Crippen molar-refractivity contribution < 1.29 is 14.7 Å². The van der Waals surface area contributed by atoms with Gasteiger partial charge in [0.2, 0.25) is 0 Å². The molecule has 4 rings (SSSR count). The largest absolute Gasteiger partial charge is 0.481 e. The fourth-order valence-corrected chi connectivity index (χ4v) is 4.13. The van der Waals surface area contributed by atoms with Crippen molar-refractivity contribution in [3.8, 4) is 0 Å². The van der Waals surface area contributed by atoms with Crippen LogP contribution in [0.1, 0.15) is 74.9 Å². The van der Waals surface area contributed by atoms with Crippen LogP contribution in [0, 0.1) is 5.92 Å². The molecule has 2 amide bonds. The number of aromatic nitrogens is 3. The van der Waals surface area contributed by atoms with Crippen molar-refractivity contribution in [2.45, 2.75) is 69.2 Å². The van der Waals surface area contributed by atoms with Crippen molar-refractivity contribution in [1.82, 2.24) is 25.4 Å². The monoisotopic (exact) mass is 361 g/mol. The van der Waals surface area contributed by atoms with Gasteiger partial charge in [-0.1, -0.05) is 0 Å². The zero-order valence-electron chi connectivity index (χ0n) is 15.0. The van der Waals surface area contributed by atoms with E-state index >= 15 is 0 Å². The van der Waals surface area contributed by atoms with Gasteiger partial charge in [-0.3, -0.25) is 9.89 Å². The summed E-state index contributed by atoms with van der Waals surface area (Å²) in [5.74, 6) is 1.61. The maximum atomic E-state index is 12.6. The Balaban J connectivity index is 1.29. The lowest BCUT2D eigenvalue weighted by Gasteiger charge is -2.34. The summed E-state index contributed by atoms with van der Waals surface area (Å²) in [6.45, 7) is 1.41. The standard InChI is InChI=1S/C18H27N5O3/c24-17(25)12-5-7-14(8-6-12)19-18(26)23-9-1-2-13(10-23)16-20-15(21-22-16)11-3-4-11/h11-14H,1-10H2,(H,19,26)(H,24,25)(H,20,21,22). The average Bonchev–Trinajstić information content (AvgIpc) is 3.39. The number of aromatic amines is 1. The minimum atomic E-state index is -0.717. The SMILES string of the molecule is O=C(O)C1CCC(NC(=O)N2CCCC(c3n[nH]c(C4CC4)n3)C2)CC1. The first-order valence-electron chi connectivity index (χ1n) is 9.80. The fourth-order valence-electron chi connectivity index (χ4n) is 4.13. The summed E-state index contributed by atoms with van der Waals surface area (Å²) in [5.41, 5.74) is 0. The number of hydrogen-bond acceptors (Lipinski definition) is 4. The van der Waals surface area contributed by atoms with Gasteiger partial charge in [-0.2, -0.15) is 5.10 Å². The molecule has 26 heavy (non-hydrogen) atoms. The second-order valence-corrected chi connectivity index (χ2v) is 7.97. The molecule has 1 atom stereocenters. The molecule has 8 nitrogen and oxygen atoms in total. The van der Waals surface area contributed by atoms with Gasteiger partial charge in [-0.25, -0.2) is 9.78 Å². The summed E-state index contributed by atoms with van der Waals surface area (Å²) < 4.78 is 0. The number of urea groups is 1. The van der Waals surface area contributed by atoms with E-state index in [4.69, 9.17) is 5.11 Å². The Bertz CT molecular complexity index is 664. The van der Waals surface area contributed by atoms with Crippen LogP contribution in [0.2, 0.25) is 0 Å². The van der Waals surface area contributed by atoms with E-state index in [0.717, 1.165) is 43.9 Å². The molecule has 3 fully saturated rings. The molecule has 0 aromatic carbocycles. The molecule has 1 unspecified atom stereocenters. The van der Waals surface area contributed by atoms with Crippen LogP contribution in [0.15, 0.2) is 0 Å². The number of carbonyl (C=O) groups excluding carboxylic acids is 1. The average molecular weight is 361 g/mol. The van der Waals surface area contributed by atoms with Gasteiger partial charge >= 0.3 is 12.0 Å². The summed E-state index contributed by atoms with van der Waals surface area (Å²) in [5, 5.41) is 19.6. The van der Waals surface area contributed by atoms with Crippen LogP contribution in [-0.2, 0) is 4.79 Å². The lowest BCUT2D eigenvalue weighted by Crippen LogP contribution is -2.49. The van der Waals surface area contributed by atoms with Gasteiger partial charge in [-0.15, -0.1) is 0 Å². The first-order valence-corrected chi connectivity index (χ1v) is 9.80. The summed E-state index contributed by atoms with van der Waals surface area (Å²) in [6, 6.07) is 0.0508. The summed E-state index contributed by atoms with van der Waals surface area (Å²) in [4.78, 5) is 30.2. The number of H-pyrrole nitrogens is 1. The Morgan fingerprint density at radius 3 is 2.54 bits per heavy atom. The summed E-state index contributed by atoms with van der Waals surface area (Å²) in [6.07, 6.45) is 7.12. The van der Waals surface area contributed by atoms with Gasteiger partial charge < -0.3 is 15.3 Å². The molecule has 1 aliphatic heterocycles. The third-order valence-corrected chi connectivity index (χ3v) is 5.96. The minimum absolute atomic E-state index is 0.0357. The third-order valence-electron chi connectivity index (χ3n) is 5.96. The van der Waals surface area contributed by atoms with Crippen LogP contribution in [-0.4, -0.2) is 56.3 Å². The van der Waals surface area contributed by atoms with Crippen LogP contribution in [0.25, 0.3) is 0 Å². The molecule has 1 saturated heterocycles. The van der Waals surface area contributed by atoms with Crippen LogP contribution >= 0.6 is 0 Å². The predicted molar refractivity (Wildman–Crippen MR) is 93.8 cm³/mol. The molecule has 3 aliphatic rings. The Morgan fingerprint density at radius 1 is 1.08 bits per heavy atom. The number of nitrogens with zero attached hydrogens (tertiary/aromatic N) is 3. The summed E-state index contributed by atoms with van der Waals surface area (Å²) in [7, 11) is 0. The first-order chi connectivity index (χ1) is 12.6. The molecule has 0 bridgehead atoms. The van der Waals surface area contributed by atoms with Crippen molar-refractivity contribution in [3.05, 3.63) is 11.6 Å². The number of carbonyl (C=O) groups is 2. The zero-order chi connectivity index (χ0) is 18.1. The van der Waals surface area contributed by atoms with Crippen molar-refractivity contribution >= 4 is 12.0 Å². The van der Waals surface area contributed by atoms with Crippen molar-refractivity contribution in [2.75, 3.05) is 13.1 Å². The molecule has 2 heterocycles. The molecule has 1 aromatic heterocycles. The highest BCUT2D eigenvalue weighted by molar-refractivity contribution is 5.75. The van der Waals surface area contributed by atoms with Gasteiger partial charge in [0, 0.05) is 31.0 Å². The van der Waals surface area contributed by atoms with E-state index in [-0.39, 0.29) is 23.9 Å². The lowest BCUT2D eigenvalue weighted by molar-refractivity contribution is -0.142. The van der Waals surface area contributed by atoms with E-state index in [2.05, 4.69) is 20.5 Å². The molecule has 2 saturated carbocycles. The van der Waals surface area contributed by atoms with Crippen molar-refractivity contribution in [3.63, 3.8) is 0 Å². The quantitative estimate of drug-likeness (QED) is 0.761. The van der Waals surface area contributed by atoms with Gasteiger partial charge in [0.05, 0.1) is 5.92 Å². The van der Waals surface area contributed by atoms with E-state index in [9.17, 15) is 9.59 Å². The highest BCUT2D eigenvalue weighted by Crippen LogP contribution is 2.38. The van der Waals surface area contributed by atoms with Crippen LogP contribution < -0.4 is 5.32 Å². The molecular formula is C18H27N5O3. The van der Waals surface area contributed by atoms with Gasteiger partial charge in [0.25, 0.3) is 0 Å². The number of amides is 2. The second-order valence-electron chi connectivity index (χ2n) is 7.97. The number of rotatable bonds is 4. The van der Waals surface area contributed by atoms with Crippen molar-refractivity contribution in [1.29, 1.82) is 0 Å². The molecule has 0 radical (unpaired) electrons. The van der Waals surface area contributed by atoms with Crippen LogP contribution in [0.3, 0.4) is 0 Å². The van der Waals surface area contributed by atoms with Crippen LogP contribution in [0.4, 0.5) is 4.79 Å². The number of carboxylic acid groups (broad SMARTS) is 1. The lowest BCUT2D eigenvalue weighted by atomic mass is 9.86. The number of aliphatic carboxylic acids is 1. The van der Waals surface area contributed by atoms with Gasteiger partial charge in [0.15, 0.2) is 5.82 Å². The zero-order valence-corrected chi connectivity index (χ0v) is 15.0. The molecule has 0 spiro atoms. The Kier molecular flexibility index (Phi) is 4.82.